The van der Waals surface area contributed by atoms with Crippen molar-refractivity contribution >= 4 is 25.8 Å². The van der Waals surface area contributed by atoms with E-state index in [2.05, 4.69) is 5.10 Å². The van der Waals surface area contributed by atoms with Crippen LogP contribution in [0, 0.1) is 0 Å². The van der Waals surface area contributed by atoms with E-state index in [1.54, 1.807) is 0 Å². The standard InChI is InChI=1S/C8H10ClN3O4S/c9-17(15,16)7-4-6-5-11(8(13)14)2-1-3-12(6)10-7/h4H,1-3,5H2,(H,13,14). The third-order valence-corrected chi connectivity index (χ3v) is 3.69. The number of hydrogen-bond acceptors (Lipinski definition) is 4. The lowest BCUT2D eigenvalue weighted by Gasteiger charge is -2.14. The molecule has 1 aromatic heterocycles. The SMILES string of the molecule is O=C(O)N1CCCn2nc(S(=O)(=O)Cl)cc2C1. The molecule has 1 aliphatic rings. The van der Waals surface area contributed by atoms with Gasteiger partial charge in [0.15, 0.2) is 5.03 Å². The summed E-state index contributed by atoms with van der Waals surface area (Å²) in [5, 5.41) is 12.5. The molecule has 0 saturated heterocycles. The van der Waals surface area contributed by atoms with Gasteiger partial charge in [0, 0.05) is 29.8 Å². The molecular weight excluding hydrogens is 270 g/mol. The molecule has 0 fully saturated rings. The summed E-state index contributed by atoms with van der Waals surface area (Å²) in [6, 6.07) is 1.31. The monoisotopic (exact) mass is 279 g/mol. The summed E-state index contributed by atoms with van der Waals surface area (Å²) in [6.45, 7) is 1.00. The Bertz CT molecular complexity index is 553. The molecule has 0 saturated carbocycles. The van der Waals surface area contributed by atoms with Gasteiger partial charge in [0.1, 0.15) is 0 Å². The van der Waals surface area contributed by atoms with Crippen LogP contribution in [0.15, 0.2) is 11.1 Å². The topological polar surface area (TPSA) is 92.5 Å². The van der Waals surface area contributed by atoms with Gasteiger partial charge in [0.2, 0.25) is 0 Å². The van der Waals surface area contributed by atoms with E-state index in [-0.39, 0.29) is 11.6 Å². The van der Waals surface area contributed by atoms with Crippen molar-refractivity contribution in [2.24, 2.45) is 0 Å². The molecule has 1 N–H and O–H groups in total. The quantitative estimate of drug-likeness (QED) is 0.764. The molecule has 0 bridgehead atoms. The number of halogens is 1. The van der Waals surface area contributed by atoms with Crippen LogP contribution in [0.4, 0.5) is 4.79 Å². The molecule has 7 nitrogen and oxygen atoms in total. The van der Waals surface area contributed by atoms with Crippen LogP contribution >= 0.6 is 10.7 Å². The molecule has 0 unspecified atom stereocenters. The number of amides is 1. The second-order valence-electron chi connectivity index (χ2n) is 3.69. The van der Waals surface area contributed by atoms with E-state index < -0.39 is 15.1 Å². The number of aromatic nitrogens is 2. The van der Waals surface area contributed by atoms with Crippen LogP contribution in [0.25, 0.3) is 0 Å². The maximum atomic E-state index is 11.1. The first-order valence-electron chi connectivity index (χ1n) is 4.87. The molecule has 0 radical (unpaired) electrons. The predicted molar refractivity (Wildman–Crippen MR) is 58.3 cm³/mol. The largest absolute Gasteiger partial charge is 0.465 e. The van der Waals surface area contributed by atoms with E-state index >= 15 is 0 Å². The fourth-order valence-electron chi connectivity index (χ4n) is 1.72. The minimum atomic E-state index is -3.87. The molecule has 0 aromatic carbocycles. The lowest BCUT2D eigenvalue weighted by molar-refractivity contribution is 0.143. The number of carboxylic acid groups (broad SMARTS) is 1. The smallest absolute Gasteiger partial charge is 0.407 e. The second kappa shape index (κ2) is 4.19. The van der Waals surface area contributed by atoms with Crippen LogP contribution in [0.1, 0.15) is 12.1 Å². The van der Waals surface area contributed by atoms with Crippen LogP contribution < -0.4 is 0 Å². The van der Waals surface area contributed by atoms with Gasteiger partial charge in [-0.25, -0.2) is 13.2 Å². The molecular formula is C8H10ClN3O4S. The fourth-order valence-corrected chi connectivity index (χ4v) is 2.42. The highest BCUT2D eigenvalue weighted by molar-refractivity contribution is 8.13. The number of hydrogen-bond donors (Lipinski definition) is 1. The second-order valence-corrected chi connectivity index (χ2v) is 6.21. The van der Waals surface area contributed by atoms with Crippen LogP contribution in [0.2, 0.25) is 0 Å². The zero-order valence-electron chi connectivity index (χ0n) is 8.71. The number of carbonyl (C=O) groups is 1. The zero-order chi connectivity index (χ0) is 12.6. The van der Waals surface area contributed by atoms with Gasteiger partial charge in [-0.2, -0.15) is 5.10 Å². The zero-order valence-corrected chi connectivity index (χ0v) is 10.3. The van der Waals surface area contributed by atoms with Crippen molar-refractivity contribution in [3.63, 3.8) is 0 Å². The molecule has 0 atom stereocenters. The molecule has 0 spiro atoms. The van der Waals surface area contributed by atoms with Gasteiger partial charge in [-0.05, 0) is 6.42 Å². The van der Waals surface area contributed by atoms with E-state index in [4.69, 9.17) is 15.8 Å². The van der Waals surface area contributed by atoms with Crippen LogP contribution in [-0.4, -0.2) is 40.8 Å². The Labute approximate surface area is 102 Å². The van der Waals surface area contributed by atoms with Gasteiger partial charge in [-0.1, -0.05) is 0 Å². The molecule has 9 heteroatoms. The summed E-state index contributed by atoms with van der Waals surface area (Å²) < 4.78 is 23.7. The highest BCUT2D eigenvalue weighted by Gasteiger charge is 2.23. The van der Waals surface area contributed by atoms with Crippen molar-refractivity contribution in [2.75, 3.05) is 6.54 Å². The molecule has 1 aliphatic heterocycles. The summed E-state index contributed by atoms with van der Waals surface area (Å²) in [7, 11) is 1.31. The summed E-state index contributed by atoms with van der Waals surface area (Å²) in [4.78, 5) is 12.1. The lowest BCUT2D eigenvalue weighted by Crippen LogP contribution is -2.28. The molecule has 94 valence electrons. The number of fused-ring (bicyclic) bond motifs is 1. The van der Waals surface area contributed by atoms with Gasteiger partial charge >= 0.3 is 6.09 Å². The van der Waals surface area contributed by atoms with E-state index in [9.17, 15) is 13.2 Å². The van der Waals surface area contributed by atoms with Gasteiger partial charge in [0.05, 0.1) is 12.2 Å². The molecule has 1 aromatic rings. The molecule has 1 amide bonds. The average Bonchev–Trinajstić information content (AvgIpc) is 2.50. The lowest BCUT2D eigenvalue weighted by atomic mass is 10.4. The highest BCUT2D eigenvalue weighted by Crippen LogP contribution is 2.19. The first-order chi connectivity index (χ1) is 7.88. The van der Waals surface area contributed by atoms with Gasteiger partial charge in [0.25, 0.3) is 9.05 Å². The van der Waals surface area contributed by atoms with E-state index in [1.807, 2.05) is 0 Å². The normalized spacial score (nSPS) is 16.4. The van der Waals surface area contributed by atoms with Gasteiger partial charge in [-0.15, -0.1) is 0 Å². The van der Waals surface area contributed by atoms with Crippen molar-refractivity contribution in [1.29, 1.82) is 0 Å². The molecule has 17 heavy (non-hydrogen) atoms. The molecule has 2 heterocycles. The van der Waals surface area contributed by atoms with Crippen LogP contribution in [0.5, 0.6) is 0 Å². The first kappa shape index (κ1) is 12.2. The van der Waals surface area contributed by atoms with E-state index in [1.165, 1.54) is 15.6 Å². The van der Waals surface area contributed by atoms with Gasteiger partial charge < -0.3 is 10.0 Å². The third kappa shape index (κ3) is 2.52. The maximum Gasteiger partial charge on any atom is 0.407 e. The number of rotatable bonds is 1. The number of nitrogens with zero attached hydrogens (tertiary/aromatic N) is 3. The van der Waals surface area contributed by atoms with Crippen LogP contribution in [0.3, 0.4) is 0 Å². The summed E-state index contributed by atoms with van der Waals surface area (Å²) >= 11 is 0. The molecule has 2 rings (SSSR count). The van der Waals surface area contributed by atoms with Crippen LogP contribution in [-0.2, 0) is 22.1 Å². The third-order valence-electron chi connectivity index (χ3n) is 2.51. The maximum absolute atomic E-state index is 11.1. The van der Waals surface area contributed by atoms with Gasteiger partial charge in [-0.3, -0.25) is 4.68 Å². The predicted octanol–water partition coefficient (Wildman–Crippen LogP) is 0.694. The average molecular weight is 280 g/mol. The molecule has 0 aliphatic carbocycles. The minimum absolute atomic E-state index is 0.120. The Balaban J connectivity index is 2.36. The van der Waals surface area contributed by atoms with Crippen molar-refractivity contribution in [2.45, 2.75) is 24.5 Å². The number of aryl methyl sites for hydroxylation is 1. The minimum Gasteiger partial charge on any atom is -0.465 e. The Kier molecular flexibility index (Phi) is 3.00. The van der Waals surface area contributed by atoms with Crippen molar-refractivity contribution in [3.8, 4) is 0 Å². The van der Waals surface area contributed by atoms with E-state index in [0.29, 0.717) is 25.2 Å². The van der Waals surface area contributed by atoms with Crippen molar-refractivity contribution in [3.05, 3.63) is 11.8 Å². The Morgan fingerprint density at radius 1 is 1.47 bits per heavy atom. The summed E-state index contributed by atoms with van der Waals surface area (Å²) in [5.41, 5.74) is 0.532. The Hall–Kier alpha value is -1.28. The Morgan fingerprint density at radius 3 is 2.76 bits per heavy atom. The fraction of sp³-hybridized carbons (Fsp3) is 0.500. The Morgan fingerprint density at radius 2 is 2.18 bits per heavy atom. The summed E-state index contributed by atoms with van der Waals surface area (Å²) in [5.74, 6) is 0. The van der Waals surface area contributed by atoms with Crippen molar-refractivity contribution in [1.82, 2.24) is 14.7 Å². The van der Waals surface area contributed by atoms with E-state index in [0.717, 1.165) is 0 Å². The summed E-state index contributed by atoms with van der Waals surface area (Å²) in [6.07, 6.45) is -0.446. The van der Waals surface area contributed by atoms with Crippen molar-refractivity contribution < 1.29 is 18.3 Å². The highest BCUT2D eigenvalue weighted by atomic mass is 35.7. The first-order valence-corrected chi connectivity index (χ1v) is 7.18.